The summed E-state index contributed by atoms with van der Waals surface area (Å²) in [6.45, 7) is 14.0. The molecule has 21 rings (SSSR count). The molecule has 101 heavy (non-hydrogen) atoms. The largest absolute Gasteiger partial charge is 0.454 e. The molecule has 0 bridgehead atoms. The first kappa shape index (κ1) is 58.8. The van der Waals surface area contributed by atoms with Crippen molar-refractivity contribution < 1.29 is 4.42 Å². The number of rotatable bonds is 6. The number of furan rings is 1. The maximum Gasteiger partial charge on any atom is 0.252 e. The van der Waals surface area contributed by atoms with E-state index < -0.39 is 0 Å². The molecule has 4 aliphatic rings. The molecule has 0 spiro atoms. The Labute approximate surface area is 596 Å². The van der Waals surface area contributed by atoms with Crippen molar-refractivity contribution in [1.82, 2.24) is 9.13 Å². The smallest absolute Gasteiger partial charge is 0.252 e. The summed E-state index contributed by atoms with van der Waals surface area (Å²) in [5, 5.41) is 7.17. The van der Waals surface area contributed by atoms with Crippen molar-refractivity contribution in [2.24, 2.45) is 0 Å². The Balaban J connectivity index is 0.892. The minimum absolute atomic E-state index is 0.0592. The number of nitrogens with zero attached hydrogens (tertiary/aromatic N) is 4. The van der Waals surface area contributed by atoms with Crippen molar-refractivity contribution in [1.29, 1.82) is 0 Å². The van der Waals surface area contributed by atoms with Crippen molar-refractivity contribution in [3.05, 3.63) is 302 Å². The SMILES string of the molecule is CC(C)(C)c1cc2c3c(c1)Sc1cc4c(cc1B3c1ccc(-n3c5ccccc5c5ccccc53)cc1S2)B1c2ccc(-n3c5ccccc5c5ccccc53)cc2N(c2cccc3c2oc2ccccc23)c2cc(C(C)(C)C)cc(c21)N4c1c(-c2ccccc2)cccc1-c1ccccc1. The summed E-state index contributed by atoms with van der Waals surface area (Å²) in [7, 11) is 0. The summed E-state index contributed by atoms with van der Waals surface area (Å²) < 4.78 is 12.2. The molecular formula is C92H66B2N4OS2. The first-order valence-electron chi connectivity index (χ1n) is 35.3. The predicted molar refractivity (Wildman–Crippen MR) is 430 cm³/mol. The summed E-state index contributed by atoms with van der Waals surface area (Å²) in [6.07, 6.45) is 0. The van der Waals surface area contributed by atoms with Gasteiger partial charge in [0.05, 0.1) is 33.4 Å². The zero-order valence-electron chi connectivity index (χ0n) is 56.9. The Hall–Kier alpha value is -11.1. The highest BCUT2D eigenvalue weighted by Gasteiger charge is 2.48. The molecule has 0 aliphatic carbocycles. The van der Waals surface area contributed by atoms with Crippen LogP contribution in [0.25, 0.3) is 99.2 Å². The lowest BCUT2D eigenvalue weighted by molar-refractivity contribution is 0.587. The van der Waals surface area contributed by atoms with Gasteiger partial charge in [-0.05, 0) is 146 Å². The molecule has 9 heteroatoms. The van der Waals surface area contributed by atoms with Crippen LogP contribution in [0.5, 0.6) is 0 Å². The van der Waals surface area contributed by atoms with Crippen molar-refractivity contribution >= 4 is 169 Å². The quantitative estimate of drug-likeness (QED) is 0.155. The number of hydrogen-bond donors (Lipinski definition) is 0. The summed E-state index contributed by atoms with van der Waals surface area (Å²) in [6, 6.07) is 110. The average molecular weight is 1330 g/mol. The van der Waals surface area contributed by atoms with E-state index in [-0.39, 0.29) is 24.3 Å². The lowest BCUT2D eigenvalue weighted by Gasteiger charge is -2.46. The van der Waals surface area contributed by atoms with E-state index in [1.54, 1.807) is 0 Å². The molecule has 0 atom stereocenters. The van der Waals surface area contributed by atoms with Gasteiger partial charge in [-0.25, -0.2) is 0 Å². The molecule has 0 radical (unpaired) electrons. The summed E-state index contributed by atoms with van der Waals surface area (Å²) in [5.41, 5.74) is 30.2. The van der Waals surface area contributed by atoms with Gasteiger partial charge in [-0.2, -0.15) is 0 Å². The number of anilines is 6. The van der Waals surface area contributed by atoms with Gasteiger partial charge in [-0.3, -0.25) is 0 Å². The Morgan fingerprint density at radius 1 is 0.307 bits per heavy atom. The van der Waals surface area contributed by atoms with Crippen LogP contribution in [0.2, 0.25) is 0 Å². The molecule has 17 aromatic rings. The zero-order chi connectivity index (χ0) is 67.3. The predicted octanol–water partition coefficient (Wildman–Crippen LogP) is 21.2. The number of hydrogen-bond acceptors (Lipinski definition) is 5. The van der Waals surface area contributed by atoms with Crippen molar-refractivity contribution in [2.45, 2.75) is 72.0 Å². The molecule has 14 aromatic carbocycles. The van der Waals surface area contributed by atoms with Crippen LogP contribution in [0.15, 0.2) is 315 Å². The first-order valence-corrected chi connectivity index (χ1v) is 36.9. The van der Waals surface area contributed by atoms with Crippen LogP contribution in [0.1, 0.15) is 52.7 Å². The standard InChI is InChI=1S/C92H66B2N4OS2/c1-91(2,3)57-47-80-87-81(48-57)98(89-61(55-25-9-7-10-26-55)34-23-35-62(89)56-27-11-8-12-28-56)79-54-84-72(94-70-46-44-60(96-75-39-20-15-31-65(75)66-32-16-21-40-76(66)96)52-83(70)100-85-49-58(92(4,5)6)50-86(101-84)88(85)94)53-71(79)93(87)69-45-43-59(95-73-37-18-13-29-63(73)64-30-14-19-38-74(64)95)51-78(69)97(80)77-41-24-36-68-67-33-17-22-42-82(67)99-90(68)77/h7-54H,1-6H3. The highest BCUT2D eigenvalue weighted by Crippen LogP contribution is 2.54. The maximum absolute atomic E-state index is 7.24. The van der Waals surface area contributed by atoms with Crippen LogP contribution in [0.3, 0.4) is 0 Å². The minimum atomic E-state index is -0.290. The molecule has 0 amide bonds. The fourth-order valence-corrected chi connectivity index (χ4v) is 19.9. The van der Waals surface area contributed by atoms with E-state index in [4.69, 9.17) is 4.42 Å². The second-order valence-electron chi connectivity index (χ2n) is 29.9. The highest BCUT2D eigenvalue weighted by molar-refractivity contribution is 8.01. The van der Waals surface area contributed by atoms with Crippen molar-refractivity contribution in [2.75, 3.05) is 9.80 Å². The molecule has 5 nitrogen and oxygen atoms in total. The maximum atomic E-state index is 7.24. The first-order chi connectivity index (χ1) is 49.4. The molecule has 0 saturated heterocycles. The highest BCUT2D eigenvalue weighted by atomic mass is 32.2. The van der Waals surface area contributed by atoms with E-state index in [2.05, 4.69) is 352 Å². The Bertz CT molecular complexity index is 6250. The normalized spacial score (nSPS) is 13.7. The number of benzene rings is 14. The van der Waals surface area contributed by atoms with Crippen LogP contribution in [0.4, 0.5) is 34.1 Å². The number of para-hydroxylation sites is 7. The van der Waals surface area contributed by atoms with E-state index in [1.807, 2.05) is 23.5 Å². The van der Waals surface area contributed by atoms with Crippen molar-refractivity contribution in [3.63, 3.8) is 0 Å². The van der Waals surface area contributed by atoms with E-state index in [0.717, 1.165) is 72.6 Å². The van der Waals surface area contributed by atoms with Gasteiger partial charge in [0.1, 0.15) is 5.58 Å². The summed E-state index contributed by atoms with van der Waals surface area (Å²) >= 11 is 3.92. The van der Waals surface area contributed by atoms with Crippen LogP contribution in [-0.2, 0) is 10.8 Å². The lowest BCUT2D eigenvalue weighted by Crippen LogP contribution is -2.64. The van der Waals surface area contributed by atoms with Gasteiger partial charge in [-0.1, -0.05) is 276 Å². The summed E-state index contributed by atoms with van der Waals surface area (Å²) in [4.78, 5) is 10.6. The molecule has 3 aromatic heterocycles. The minimum Gasteiger partial charge on any atom is -0.454 e. The zero-order valence-corrected chi connectivity index (χ0v) is 58.5. The van der Waals surface area contributed by atoms with E-state index in [9.17, 15) is 0 Å². The van der Waals surface area contributed by atoms with Crippen LogP contribution >= 0.6 is 23.5 Å². The van der Waals surface area contributed by atoms with Gasteiger partial charge in [0.2, 0.25) is 6.71 Å². The van der Waals surface area contributed by atoms with Gasteiger partial charge in [0.15, 0.2) is 5.58 Å². The van der Waals surface area contributed by atoms with E-state index in [0.29, 0.717) is 0 Å². The molecule has 4 aliphatic heterocycles. The van der Waals surface area contributed by atoms with Gasteiger partial charge >= 0.3 is 0 Å². The molecule has 478 valence electrons. The van der Waals surface area contributed by atoms with Crippen LogP contribution in [-0.4, -0.2) is 22.6 Å². The van der Waals surface area contributed by atoms with Crippen LogP contribution in [0, 0.1) is 0 Å². The topological polar surface area (TPSA) is 29.5 Å². The molecule has 7 heterocycles. The fraction of sp³-hybridized carbons (Fsp3) is 0.0870. The average Bonchev–Trinajstić information content (AvgIpc) is 1.33. The third-order valence-electron chi connectivity index (χ3n) is 22.1. The molecule has 0 N–H and O–H groups in total. The number of aromatic nitrogens is 2. The lowest BCUT2D eigenvalue weighted by atomic mass is 9.31. The fourth-order valence-electron chi connectivity index (χ4n) is 17.4. The van der Waals surface area contributed by atoms with Crippen LogP contribution < -0.4 is 42.6 Å². The third kappa shape index (κ3) is 8.70. The van der Waals surface area contributed by atoms with Gasteiger partial charge < -0.3 is 23.4 Å². The Morgan fingerprint density at radius 2 is 0.762 bits per heavy atom. The van der Waals surface area contributed by atoms with E-state index >= 15 is 0 Å². The third-order valence-corrected chi connectivity index (χ3v) is 24.4. The van der Waals surface area contributed by atoms with Gasteiger partial charge in [0.25, 0.3) is 6.71 Å². The second kappa shape index (κ2) is 21.7. The van der Waals surface area contributed by atoms with Gasteiger partial charge in [0, 0.05) is 97.2 Å². The molecule has 0 unspecified atom stereocenters. The Morgan fingerprint density at radius 3 is 1.34 bits per heavy atom. The molecular weight excluding hydrogens is 1260 g/mol. The van der Waals surface area contributed by atoms with Crippen molar-refractivity contribution in [3.8, 4) is 33.6 Å². The summed E-state index contributed by atoms with van der Waals surface area (Å²) in [5.74, 6) is 0. The molecule has 0 fully saturated rings. The molecule has 0 saturated carbocycles. The number of fused-ring (bicyclic) bond motifs is 17. The second-order valence-corrected chi connectivity index (χ2v) is 32.1. The van der Waals surface area contributed by atoms with Gasteiger partial charge in [-0.15, -0.1) is 0 Å². The monoisotopic (exact) mass is 1330 g/mol. The Kier molecular flexibility index (Phi) is 12.6. The van der Waals surface area contributed by atoms with E-state index in [1.165, 1.54) is 124 Å².